The molecule has 3 rings (SSSR count). The summed E-state index contributed by atoms with van der Waals surface area (Å²) in [4.78, 5) is 37.4. The molecule has 1 aliphatic heterocycles. The highest BCUT2D eigenvalue weighted by Gasteiger charge is 2.19. The monoisotopic (exact) mass is 397 g/mol. The summed E-state index contributed by atoms with van der Waals surface area (Å²) in [6.45, 7) is 3.81. The fourth-order valence-electron chi connectivity index (χ4n) is 3.29. The third-order valence-electron chi connectivity index (χ3n) is 4.75. The normalized spacial score (nSPS) is 13.6. The first-order chi connectivity index (χ1) is 14.0. The summed E-state index contributed by atoms with van der Waals surface area (Å²) in [6, 6.07) is 11.0. The molecular formula is C21H23N3O5. The molecule has 1 heterocycles. The van der Waals surface area contributed by atoms with E-state index in [9.17, 15) is 19.7 Å². The van der Waals surface area contributed by atoms with Gasteiger partial charge in [0.05, 0.1) is 17.1 Å². The van der Waals surface area contributed by atoms with E-state index in [2.05, 4.69) is 10.2 Å². The second-order valence-corrected chi connectivity index (χ2v) is 6.79. The molecule has 0 aromatic heterocycles. The molecule has 1 amide bonds. The van der Waals surface area contributed by atoms with Gasteiger partial charge in [-0.1, -0.05) is 0 Å². The van der Waals surface area contributed by atoms with Crippen LogP contribution in [0.1, 0.15) is 46.9 Å². The minimum Gasteiger partial charge on any atom is -0.462 e. The van der Waals surface area contributed by atoms with Crippen molar-refractivity contribution in [2.45, 2.75) is 26.2 Å². The Bertz CT molecular complexity index is 905. The zero-order valence-corrected chi connectivity index (χ0v) is 16.2. The SMILES string of the molecule is CCOC(=O)c1cc(C(=O)Nc2ccc(N3CCCCC3)cc2)cc([N+](=O)[O-])c1. The van der Waals surface area contributed by atoms with Crippen LogP contribution in [0.15, 0.2) is 42.5 Å². The third-order valence-corrected chi connectivity index (χ3v) is 4.75. The van der Waals surface area contributed by atoms with Crippen molar-refractivity contribution < 1.29 is 19.2 Å². The topological polar surface area (TPSA) is 102 Å². The number of hydrogen-bond donors (Lipinski definition) is 1. The average Bonchev–Trinajstić information content (AvgIpc) is 2.74. The molecule has 1 N–H and O–H groups in total. The van der Waals surface area contributed by atoms with Crippen LogP contribution in [0.4, 0.5) is 17.1 Å². The highest BCUT2D eigenvalue weighted by molar-refractivity contribution is 6.06. The number of carbonyl (C=O) groups excluding carboxylic acids is 2. The van der Waals surface area contributed by atoms with Gasteiger partial charge in [-0.05, 0) is 56.5 Å². The van der Waals surface area contributed by atoms with E-state index in [-0.39, 0.29) is 23.4 Å². The molecule has 0 radical (unpaired) electrons. The summed E-state index contributed by atoms with van der Waals surface area (Å²) in [5, 5.41) is 13.9. The second-order valence-electron chi connectivity index (χ2n) is 6.79. The maximum atomic E-state index is 12.6. The standard InChI is InChI=1S/C21H23N3O5/c1-2-29-21(26)16-12-15(13-19(14-16)24(27)28)20(25)22-17-6-8-18(9-7-17)23-10-4-3-5-11-23/h6-9,12-14H,2-5,10-11H2,1H3,(H,22,25). The lowest BCUT2D eigenvalue weighted by Crippen LogP contribution is -2.29. The fraction of sp³-hybridized carbons (Fsp3) is 0.333. The largest absolute Gasteiger partial charge is 0.462 e. The van der Waals surface area contributed by atoms with Crippen molar-refractivity contribution in [2.24, 2.45) is 0 Å². The molecule has 29 heavy (non-hydrogen) atoms. The Labute approximate surface area is 168 Å². The predicted molar refractivity (Wildman–Crippen MR) is 110 cm³/mol. The number of nitro groups is 1. The van der Waals surface area contributed by atoms with E-state index in [0.717, 1.165) is 30.9 Å². The number of rotatable bonds is 6. The van der Waals surface area contributed by atoms with Crippen molar-refractivity contribution in [1.29, 1.82) is 0 Å². The summed E-state index contributed by atoms with van der Waals surface area (Å²) in [7, 11) is 0. The number of nitrogens with zero attached hydrogens (tertiary/aromatic N) is 2. The summed E-state index contributed by atoms with van der Waals surface area (Å²) >= 11 is 0. The Kier molecular flexibility index (Phi) is 6.43. The Morgan fingerprint density at radius 2 is 1.72 bits per heavy atom. The maximum absolute atomic E-state index is 12.6. The first-order valence-corrected chi connectivity index (χ1v) is 9.61. The Morgan fingerprint density at radius 3 is 2.34 bits per heavy atom. The van der Waals surface area contributed by atoms with Gasteiger partial charge in [-0.2, -0.15) is 0 Å². The number of nitrogens with one attached hydrogen (secondary N) is 1. The van der Waals surface area contributed by atoms with E-state index in [1.54, 1.807) is 19.1 Å². The van der Waals surface area contributed by atoms with Crippen LogP contribution in [-0.2, 0) is 4.74 Å². The first-order valence-electron chi connectivity index (χ1n) is 9.61. The number of anilines is 2. The zero-order valence-electron chi connectivity index (χ0n) is 16.2. The van der Waals surface area contributed by atoms with E-state index < -0.39 is 16.8 Å². The molecule has 152 valence electrons. The minimum atomic E-state index is -0.712. The number of esters is 1. The molecule has 0 bridgehead atoms. The van der Waals surface area contributed by atoms with Gasteiger partial charge in [0.2, 0.25) is 0 Å². The van der Waals surface area contributed by atoms with Crippen molar-refractivity contribution in [3.8, 4) is 0 Å². The lowest BCUT2D eigenvalue weighted by atomic mass is 10.1. The number of ether oxygens (including phenoxy) is 1. The smallest absolute Gasteiger partial charge is 0.338 e. The Morgan fingerprint density at radius 1 is 1.07 bits per heavy atom. The highest BCUT2D eigenvalue weighted by atomic mass is 16.6. The average molecular weight is 397 g/mol. The molecule has 8 heteroatoms. The molecule has 0 saturated carbocycles. The fourth-order valence-corrected chi connectivity index (χ4v) is 3.29. The molecule has 1 saturated heterocycles. The summed E-state index contributed by atoms with van der Waals surface area (Å²) in [5.74, 6) is -1.25. The van der Waals surface area contributed by atoms with Crippen LogP contribution in [-0.4, -0.2) is 36.5 Å². The molecular weight excluding hydrogens is 374 g/mol. The minimum absolute atomic E-state index is 0.0161. The molecule has 2 aromatic rings. The van der Waals surface area contributed by atoms with Gasteiger partial charge in [-0.25, -0.2) is 4.79 Å². The molecule has 2 aromatic carbocycles. The zero-order chi connectivity index (χ0) is 20.8. The van der Waals surface area contributed by atoms with Crippen LogP contribution in [0.5, 0.6) is 0 Å². The maximum Gasteiger partial charge on any atom is 0.338 e. The molecule has 0 unspecified atom stereocenters. The number of carbonyl (C=O) groups is 2. The van der Waals surface area contributed by atoms with Crippen LogP contribution in [0, 0.1) is 10.1 Å². The summed E-state index contributed by atoms with van der Waals surface area (Å²) in [6.07, 6.45) is 3.60. The van der Waals surface area contributed by atoms with Gasteiger partial charge in [0.25, 0.3) is 11.6 Å². The number of amides is 1. The number of hydrogen-bond acceptors (Lipinski definition) is 6. The van der Waals surface area contributed by atoms with Crippen LogP contribution in [0.3, 0.4) is 0 Å². The van der Waals surface area contributed by atoms with E-state index in [0.29, 0.717) is 5.69 Å². The van der Waals surface area contributed by atoms with E-state index in [4.69, 9.17) is 4.74 Å². The first kappa shape index (κ1) is 20.3. The van der Waals surface area contributed by atoms with Gasteiger partial charge >= 0.3 is 5.97 Å². The van der Waals surface area contributed by atoms with Crippen molar-refractivity contribution in [3.05, 3.63) is 63.7 Å². The predicted octanol–water partition coefficient (Wildman–Crippen LogP) is 4.01. The van der Waals surface area contributed by atoms with E-state index in [1.807, 2.05) is 12.1 Å². The molecule has 1 fully saturated rings. The van der Waals surface area contributed by atoms with Crippen LogP contribution < -0.4 is 10.2 Å². The third kappa shape index (κ3) is 5.10. The Hall–Kier alpha value is -3.42. The lowest BCUT2D eigenvalue weighted by molar-refractivity contribution is -0.384. The van der Waals surface area contributed by atoms with Crippen LogP contribution >= 0.6 is 0 Å². The Balaban J connectivity index is 1.77. The van der Waals surface area contributed by atoms with Gasteiger partial charge in [0, 0.05) is 42.2 Å². The van der Waals surface area contributed by atoms with Gasteiger partial charge in [0.1, 0.15) is 0 Å². The number of piperidine rings is 1. The van der Waals surface area contributed by atoms with Gasteiger partial charge in [-0.3, -0.25) is 14.9 Å². The van der Waals surface area contributed by atoms with E-state index in [1.165, 1.54) is 25.3 Å². The molecule has 0 spiro atoms. The van der Waals surface area contributed by atoms with Crippen molar-refractivity contribution in [1.82, 2.24) is 0 Å². The number of benzene rings is 2. The van der Waals surface area contributed by atoms with Crippen molar-refractivity contribution in [2.75, 3.05) is 29.9 Å². The van der Waals surface area contributed by atoms with Gasteiger partial charge < -0.3 is 15.0 Å². The second kappa shape index (κ2) is 9.18. The number of non-ortho nitro benzene ring substituents is 1. The van der Waals surface area contributed by atoms with Crippen LogP contribution in [0.25, 0.3) is 0 Å². The van der Waals surface area contributed by atoms with Gasteiger partial charge in [0.15, 0.2) is 0 Å². The quantitative estimate of drug-likeness (QED) is 0.449. The van der Waals surface area contributed by atoms with Crippen molar-refractivity contribution >= 4 is 28.9 Å². The van der Waals surface area contributed by atoms with E-state index >= 15 is 0 Å². The highest BCUT2D eigenvalue weighted by Crippen LogP contribution is 2.23. The van der Waals surface area contributed by atoms with Crippen LogP contribution in [0.2, 0.25) is 0 Å². The molecule has 0 aliphatic carbocycles. The van der Waals surface area contributed by atoms with Gasteiger partial charge in [-0.15, -0.1) is 0 Å². The summed E-state index contributed by atoms with van der Waals surface area (Å²) < 4.78 is 4.89. The lowest BCUT2D eigenvalue weighted by Gasteiger charge is -2.28. The van der Waals surface area contributed by atoms with Crippen molar-refractivity contribution in [3.63, 3.8) is 0 Å². The molecule has 1 aliphatic rings. The molecule has 0 atom stereocenters. The molecule has 8 nitrogen and oxygen atoms in total. The number of nitro benzene ring substituents is 1. The summed E-state index contributed by atoms with van der Waals surface area (Å²) in [5.41, 5.74) is 1.30.